The molecule has 2 aliphatic rings. The minimum atomic E-state index is -1.63. The molecule has 2 heterocycles. The van der Waals surface area contributed by atoms with Gasteiger partial charge in [-0.05, 0) is 25.8 Å². The summed E-state index contributed by atoms with van der Waals surface area (Å²) in [6.07, 6.45) is 1.86. The number of carbonyl (C=O) groups excluding carboxylic acids is 7. The standard InChI is InChI=1S/C25H44N14O8/c26-4-1-2-11(27)6-17(41)32-8-14-20(43)35-15(9-34-25(30)47)21(44)39-18(13-3-5-31-24(29)38-13)23(46)33-7-12(28)19(42)37-16(10-40)22(45)36-14/h9,11-14,16,18,40H,1-8,10,26-28H2,(H,32,41)(H,33,46)(H,35,43)(H,36,45)(H,37,42)(H,39,44)(H3,29,31,38)(H3,30,34,47)/b15-9-/t11?,12-,13?,14-,16-,18-/m0/s1. The van der Waals surface area contributed by atoms with Gasteiger partial charge in [-0.2, -0.15) is 0 Å². The second kappa shape index (κ2) is 18.8. The number of rotatable bonds is 10. The molecule has 0 saturated carbocycles. The van der Waals surface area contributed by atoms with Crippen LogP contribution in [-0.4, -0.2) is 122 Å². The van der Waals surface area contributed by atoms with Crippen molar-refractivity contribution in [3.8, 4) is 0 Å². The molecule has 1 fully saturated rings. The number of urea groups is 1. The van der Waals surface area contributed by atoms with E-state index in [-0.39, 0.29) is 25.3 Å². The highest BCUT2D eigenvalue weighted by Crippen LogP contribution is 2.07. The Labute approximate surface area is 269 Å². The molecule has 22 nitrogen and oxygen atoms in total. The fourth-order valence-electron chi connectivity index (χ4n) is 4.35. The lowest BCUT2D eigenvalue weighted by Crippen LogP contribution is -2.64. The Hall–Kier alpha value is -5.06. The summed E-state index contributed by atoms with van der Waals surface area (Å²) in [5, 5.41) is 28.7. The number of hydrogen-bond acceptors (Lipinski definition) is 14. The van der Waals surface area contributed by atoms with E-state index in [0.717, 1.165) is 6.20 Å². The Morgan fingerprint density at radius 1 is 1.02 bits per heavy atom. The molecule has 0 spiro atoms. The fraction of sp³-hybridized carbons (Fsp3) is 0.600. The van der Waals surface area contributed by atoms with E-state index in [4.69, 9.17) is 28.7 Å². The third-order valence-corrected chi connectivity index (χ3v) is 6.90. The van der Waals surface area contributed by atoms with Crippen LogP contribution in [0.5, 0.6) is 0 Å². The minimum absolute atomic E-state index is 0.0120. The van der Waals surface area contributed by atoms with E-state index >= 15 is 0 Å². The number of aliphatic hydroxyl groups is 1. The van der Waals surface area contributed by atoms with Crippen LogP contribution in [-0.2, 0) is 28.8 Å². The molecule has 0 aliphatic carbocycles. The zero-order valence-corrected chi connectivity index (χ0v) is 25.5. The highest BCUT2D eigenvalue weighted by atomic mass is 16.3. The molecule has 0 bridgehead atoms. The van der Waals surface area contributed by atoms with Crippen molar-refractivity contribution in [2.75, 3.05) is 32.8 Å². The number of nitrogens with zero attached hydrogens (tertiary/aromatic N) is 1. The number of primary amides is 1. The number of hydrogen-bond donors (Lipinski definition) is 14. The number of aliphatic hydroxyl groups excluding tert-OH is 1. The van der Waals surface area contributed by atoms with Crippen LogP contribution < -0.4 is 71.2 Å². The Morgan fingerprint density at radius 3 is 2.36 bits per heavy atom. The number of carbonyl (C=O) groups is 7. The first-order valence-electron chi connectivity index (χ1n) is 14.7. The van der Waals surface area contributed by atoms with Crippen molar-refractivity contribution in [2.45, 2.75) is 61.9 Å². The number of guanidine groups is 1. The molecular weight excluding hydrogens is 624 g/mol. The van der Waals surface area contributed by atoms with Gasteiger partial charge in [0.05, 0.1) is 12.6 Å². The Balaban J connectivity index is 2.45. The average molecular weight is 669 g/mol. The zero-order chi connectivity index (χ0) is 35.1. The van der Waals surface area contributed by atoms with Gasteiger partial charge >= 0.3 is 6.03 Å². The van der Waals surface area contributed by atoms with Gasteiger partial charge in [-0.3, -0.25) is 33.8 Å². The van der Waals surface area contributed by atoms with Crippen molar-refractivity contribution in [3.63, 3.8) is 0 Å². The highest BCUT2D eigenvalue weighted by Gasteiger charge is 2.35. The average Bonchev–Trinajstić information content (AvgIpc) is 3.02. The van der Waals surface area contributed by atoms with Gasteiger partial charge < -0.3 is 76.3 Å². The van der Waals surface area contributed by atoms with Crippen LogP contribution in [0, 0.1) is 0 Å². The molecule has 6 atom stereocenters. The molecule has 2 aliphatic heterocycles. The van der Waals surface area contributed by atoms with Gasteiger partial charge in [-0.15, -0.1) is 0 Å². The predicted octanol–water partition coefficient (Wildman–Crippen LogP) is -8.23. The quantitative estimate of drug-likeness (QED) is 0.0963. The van der Waals surface area contributed by atoms with E-state index in [1.165, 1.54) is 0 Å². The maximum Gasteiger partial charge on any atom is 0.316 e. The number of amides is 8. The fourth-order valence-corrected chi connectivity index (χ4v) is 4.35. The molecular formula is C25H44N14O8. The zero-order valence-electron chi connectivity index (χ0n) is 25.5. The maximum atomic E-state index is 13.5. The number of nitrogens with one attached hydrogen (secondary N) is 8. The molecule has 47 heavy (non-hydrogen) atoms. The van der Waals surface area contributed by atoms with Crippen molar-refractivity contribution in [1.29, 1.82) is 0 Å². The summed E-state index contributed by atoms with van der Waals surface area (Å²) in [6, 6.07) is -8.54. The summed E-state index contributed by atoms with van der Waals surface area (Å²) in [7, 11) is 0. The summed E-state index contributed by atoms with van der Waals surface area (Å²) in [5.74, 6) is -5.62. The van der Waals surface area contributed by atoms with Crippen LogP contribution >= 0.6 is 0 Å². The molecule has 0 aromatic heterocycles. The van der Waals surface area contributed by atoms with Gasteiger partial charge in [0, 0.05) is 38.3 Å². The first-order chi connectivity index (χ1) is 22.2. The predicted molar refractivity (Wildman–Crippen MR) is 165 cm³/mol. The summed E-state index contributed by atoms with van der Waals surface area (Å²) < 4.78 is 0. The minimum Gasteiger partial charge on any atom is -0.394 e. The molecule has 1 saturated heterocycles. The normalized spacial score (nSPS) is 26.3. The van der Waals surface area contributed by atoms with Gasteiger partial charge in [0.2, 0.25) is 29.5 Å². The SMILES string of the molecule is NCCCC(N)CC(=O)NC[C@@H]1NC(=O)[C@H](CO)NC(=O)[C@@H](N)CNC(=O)[C@H](C2CCN=C(N)N2)NC(=O)/C(=C/NC(N)=O)NC1=O. The summed E-state index contributed by atoms with van der Waals surface area (Å²) in [5.41, 5.74) is 27.6. The van der Waals surface area contributed by atoms with Crippen molar-refractivity contribution in [3.05, 3.63) is 11.9 Å². The van der Waals surface area contributed by atoms with E-state index in [2.05, 4.69) is 42.2 Å². The van der Waals surface area contributed by atoms with E-state index in [1.54, 1.807) is 0 Å². The van der Waals surface area contributed by atoms with Crippen LogP contribution in [0.4, 0.5) is 4.79 Å². The number of nitrogens with two attached hydrogens (primary N) is 5. The van der Waals surface area contributed by atoms with Crippen LogP contribution in [0.2, 0.25) is 0 Å². The lowest BCUT2D eigenvalue weighted by atomic mass is 10.0. The van der Waals surface area contributed by atoms with Crippen LogP contribution in [0.25, 0.3) is 0 Å². The van der Waals surface area contributed by atoms with Crippen molar-refractivity contribution in [2.24, 2.45) is 33.7 Å². The molecule has 2 rings (SSSR count). The first kappa shape index (κ1) is 38.1. The summed E-state index contributed by atoms with van der Waals surface area (Å²) in [4.78, 5) is 93.9. The summed E-state index contributed by atoms with van der Waals surface area (Å²) >= 11 is 0. The van der Waals surface area contributed by atoms with Gasteiger partial charge in [0.15, 0.2) is 5.96 Å². The lowest BCUT2D eigenvalue weighted by molar-refractivity contribution is -0.134. The number of aliphatic imine (C=N–C) groups is 1. The Bertz CT molecular complexity index is 1240. The van der Waals surface area contributed by atoms with Gasteiger partial charge in [-0.25, -0.2) is 4.79 Å². The van der Waals surface area contributed by atoms with Crippen LogP contribution in [0.15, 0.2) is 16.9 Å². The maximum absolute atomic E-state index is 13.5. The molecule has 2 unspecified atom stereocenters. The molecule has 0 radical (unpaired) electrons. The lowest BCUT2D eigenvalue weighted by Gasteiger charge is -2.31. The van der Waals surface area contributed by atoms with Crippen molar-refractivity contribution in [1.82, 2.24) is 42.5 Å². The van der Waals surface area contributed by atoms with E-state index in [1.807, 2.05) is 5.32 Å². The van der Waals surface area contributed by atoms with E-state index < -0.39 is 103 Å². The van der Waals surface area contributed by atoms with Crippen LogP contribution in [0.1, 0.15) is 25.7 Å². The molecule has 262 valence electrons. The monoisotopic (exact) mass is 668 g/mol. The topological polar surface area (TPSA) is 378 Å². The van der Waals surface area contributed by atoms with Gasteiger partial charge in [-0.1, -0.05) is 0 Å². The molecule has 0 aromatic carbocycles. The second-order valence-corrected chi connectivity index (χ2v) is 10.7. The second-order valence-electron chi connectivity index (χ2n) is 10.7. The van der Waals surface area contributed by atoms with Crippen LogP contribution in [0.3, 0.4) is 0 Å². The first-order valence-corrected chi connectivity index (χ1v) is 14.7. The molecule has 8 amide bonds. The highest BCUT2D eigenvalue weighted by molar-refractivity contribution is 6.02. The van der Waals surface area contributed by atoms with Gasteiger partial charge in [0.25, 0.3) is 5.91 Å². The third-order valence-electron chi connectivity index (χ3n) is 6.90. The third kappa shape index (κ3) is 12.7. The Morgan fingerprint density at radius 2 is 1.72 bits per heavy atom. The molecule has 0 aromatic rings. The van der Waals surface area contributed by atoms with E-state index in [9.17, 15) is 38.7 Å². The van der Waals surface area contributed by atoms with Crippen molar-refractivity contribution >= 4 is 47.4 Å². The van der Waals surface area contributed by atoms with Gasteiger partial charge in [0.1, 0.15) is 29.9 Å². The van der Waals surface area contributed by atoms with E-state index in [0.29, 0.717) is 19.4 Å². The molecule has 19 N–H and O–H groups in total. The largest absolute Gasteiger partial charge is 0.394 e. The van der Waals surface area contributed by atoms with Crippen molar-refractivity contribution < 1.29 is 38.7 Å². The summed E-state index contributed by atoms with van der Waals surface area (Å²) in [6.45, 7) is -1.36. The Kier molecular flexibility index (Phi) is 15.2. The molecule has 22 heteroatoms. The smallest absolute Gasteiger partial charge is 0.316 e.